The molecule has 1 atom stereocenters. The van der Waals surface area contributed by atoms with Gasteiger partial charge in [0.25, 0.3) is 0 Å². The van der Waals surface area contributed by atoms with Gasteiger partial charge in [0.15, 0.2) is 0 Å². The molecule has 2 heterocycles. The maximum absolute atomic E-state index is 13.0. The number of hydrogen-bond donors (Lipinski definition) is 0. The Morgan fingerprint density at radius 3 is 2.77 bits per heavy atom. The molecule has 7 heteroatoms. The molecular formula is C15H14BN3O2S. The molecule has 110 valence electrons. The number of benzene rings is 1. The van der Waals surface area contributed by atoms with E-state index in [2.05, 4.69) is 17.5 Å². The van der Waals surface area contributed by atoms with E-state index in [0.717, 1.165) is 10.4 Å². The molecule has 1 aliphatic heterocycles. The first-order chi connectivity index (χ1) is 10.6. The van der Waals surface area contributed by atoms with Crippen LogP contribution in [0.2, 0.25) is 0 Å². The summed E-state index contributed by atoms with van der Waals surface area (Å²) in [7, 11) is 6.76. The van der Waals surface area contributed by atoms with Gasteiger partial charge in [-0.1, -0.05) is 0 Å². The van der Waals surface area contributed by atoms with E-state index < -0.39 is 5.54 Å². The van der Waals surface area contributed by atoms with Crippen LogP contribution >= 0.6 is 11.3 Å². The zero-order valence-electron chi connectivity index (χ0n) is 12.3. The van der Waals surface area contributed by atoms with Gasteiger partial charge in [-0.25, -0.2) is 0 Å². The number of aliphatic imine (C=N–C) groups is 1. The molecule has 1 unspecified atom stereocenters. The van der Waals surface area contributed by atoms with E-state index in [9.17, 15) is 4.79 Å². The number of guanidine groups is 1. The minimum atomic E-state index is -1.12. The van der Waals surface area contributed by atoms with Crippen LogP contribution in [0.25, 0.3) is 0 Å². The molecule has 0 saturated carbocycles. The van der Waals surface area contributed by atoms with Crippen LogP contribution in [0.15, 0.2) is 51.7 Å². The molecule has 0 fully saturated rings. The third-order valence-corrected chi connectivity index (χ3v) is 4.67. The third kappa shape index (κ3) is 2.01. The predicted molar refractivity (Wildman–Crippen MR) is 87.9 cm³/mol. The first-order valence-corrected chi connectivity index (χ1v) is 7.54. The summed E-state index contributed by atoms with van der Waals surface area (Å²) in [4.78, 5) is 23.7. The number of thiophene rings is 1. The molecule has 0 radical (unpaired) electrons. The minimum absolute atomic E-state index is 0.148. The van der Waals surface area contributed by atoms with Crippen molar-refractivity contribution in [3.8, 4) is 5.75 Å². The summed E-state index contributed by atoms with van der Waals surface area (Å²) in [6, 6.07) is 11.2. The van der Waals surface area contributed by atoms with E-state index in [1.165, 1.54) is 16.2 Å². The first-order valence-electron chi connectivity index (χ1n) is 6.66. The summed E-state index contributed by atoms with van der Waals surface area (Å²) >= 11 is 1.49. The van der Waals surface area contributed by atoms with Crippen molar-refractivity contribution in [2.45, 2.75) is 5.54 Å². The van der Waals surface area contributed by atoms with Crippen molar-refractivity contribution in [3.05, 3.63) is 52.2 Å². The maximum atomic E-state index is 13.0. The molecule has 1 aliphatic rings. The van der Waals surface area contributed by atoms with Crippen LogP contribution in [-0.2, 0) is 10.3 Å². The number of rotatable bonds is 3. The number of carbonyl (C=O) groups is 1. The second-order valence-corrected chi connectivity index (χ2v) is 5.80. The van der Waals surface area contributed by atoms with Gasteiger partial charge in [0.2, 0.25) is 0 Å². The van der Waals surface area contributed by atoms with Gasteiger partial charge in [0.05, 0.1) is 0 Å². The van der Waals surface area contributed by atoms with Gasteiger partial charge in [-0.05, 0) is 0 Å². The zero-order valence-corrected chi connectivity index (χ0v) is 13.1. The van der Waals surface area contributed by atoms with E-state index in [1.807, 2.05) is 41.8 Å². The molecule has 2 aromatic rings. The van der Waals surface area contributed by atoms with Gasteiger partial charge < -0.3 is 0 Å². The van der Waals surface area contributed by atoms with E-state index in [-0.39, 0.29) is 5.91 Å². The van der Waals surface area contributed by atoms with E-state index in [1.54, 1.807) is 14.2 Å². The predicted octanol–water partition coefficient (Wildman–Crippen LogP) is 1.91. The molecule has 0 aliphatic carbocycles. The van der Waals surface area contributed by atoms with Gasteiger partial charge in [-0.15, -0.1) is 0 Å². The Morgan fingerprint density at radius 1 is 1.36 bits per heavy atom. The van der Waals surface area contributed by atoms with Crippen molar-refractivity contribution >= 4 is 30.8 Å². The second-order valence-electron chi connectivity index (χ2n) is 4.85. The summed E-state index contributed by atoms with van der Waals surface area (Å²) in [5.41, 5.74) is -0.363. The zero-order chi connectivity index (χ0) is 15.7. The van der Waals surface area contributed by atoms with Gasteiger partial charge in [0, 0.05) is 0 Å². The Morgan fingerprint density at radius 2 is 2.18 bits per heavy atom. The van der Waals surface area contributed by atoms with E-state index in [4.69, 9.17) is 4.74 Å². The fourth-order valence-electron chi connectivity index (χ4n) is 2.57. The standard InChI is InChI=1S/C15H14BN3O2S/c1-19-13(20)15(17-14(19)18-16,12-7-4-8-22-12)10-5-3-6-11(9-10)21-2/h3-9,16H,1-2H3. The number of carbonyl (C=O) groups excluding carboxylic acids is 1. The summed E-state index contributed by atoms with van der Waals surface area (Å²) < 4.78 is 5.29. The molecule has 3 rings (SSSR count). The fraction of sp³-hybridized carbons (Fsp3) is 0.200. The summed E-state index contributed by atoms with van der Waals surface area (Å²) in [6.07, 6.45) is 0. The van der Waals surface area contributed by atoms with Crippen LogP contribution in [0.4, 0.5) is 0 Å². The van der Waals surface area contributed by atoms with Crippen LogP contribution in [0.3, 0.4) is 0 Å². The van der Waals surface area contributed by atoms with Gasteiger partial charge in [-0.2, -0.15) is 0 Å². The summed E-state index contributed by atoms with van der Waals surface area (Å²) in [5, 5.41) is 1.93. The van der Waals surface area contributed by atoms with Crippen molar-refractivity contribution in [1.82, 2.24) is 4.90 Å². The molecule has 0 N–H and O–H groups in total. The Labute approximate surface area is 133 Å². The van der Waals surface area contributed by atoms with Crippen LogP contribution in [0, 0.1) is 0 Å². The number of nitrogens with zero attached hydrogens (tertiary/aromatic N) is 3. The fourth-order valence-corrected chi connectivity index (χ4v) is 3.45. The van der Waals surface area contributed by atoms with Crippen molar-refractivity contribution in [2.24, 2.45) is 9.89 Å². The van der Waals surface area contributed by atoms with Crippen LogP contribution in [0.5, 0.6) is 5.75 Å². The molecule has 1 aromatic heterocycles. The topological polar surface area (TPSA) is 54.3 Å². The van der Waals surface area contributed by atoms with Crippen molar-refractivity contribution in [2.75, 3.05) is 14.2 Å². The van der Waals surface area contributed by atoms with E-state index >= 15 is 0 Å². The Kier molecular flexibility index (Phi) is 3.66. The first kappa shape index (κ1) is 14.7. The average molecular weight is 311 g/mol. The number of likely N-dealkylation sites (N-methyl/N-ethyl adjacent to an activating group) is 1. The van der Waals surface area contributed by atoms with Crippen LogP contribution in [0.1, 0.15) is 10.4 Å². The van der Waals surface area contributed by atoms with Gasteiger partial charge >= 0.3 is 133 Å². The summed E-state index contributed by atoms with van der Waals surface area (Å²) in [6.45, 7) is 0. The number of amides is 1. The Bertz CT molecular complexity index is 760. The third-order valence-electron chi connectivity index (χ3n) is 3.69. The molecule has 0 saturated heterocycles. The van der Waals surface area contributed by atoms with Crippen LogP contribution in [-0.4, -0.2) is 38.6 Å². The van der Waals surface area contributed by atoms with Crippen LogP contribution < -0.4 is 4.74 Å². The van der Waals surface area contributed by atoms with Crippen molar-refractivity contribution in [3.63, 3.8) is 0 Å². The number of methoxy groups -OCH3 is 1. The molecular weight excluding hydrogens is 297 g/mol. The molecule has 5 nitrogen and oxygen atoms in total. The SMILES string of the molecule is B=NC1=NC(c2cccc(OC)c2)(c2cccs2)C(=O)N1C. The Hall–Kier alpha value is -2.28. The van der Waals surface area contributed by atoms with Crippen molar-refractivity contribution in [1.29, 1.82) is 0 Å². The molecule has 1 aromatic carbocycles. The van der Waals surface area contributed by atoms with Crippen molar-refractivity contribution < 1.29 is 9.53 Å². The molecule has 0 spiro atoms. The Balaban J connectivity index is 2.28. The monoisotopic (exact) mass is 311 g/mol. The van der Waals surface area contributed by atoms with Gasteiger partial charge in [0.1, 0.15) is 0 Å². The molecule has 0 bridgehead atoms. The van der Waals surface area contributed by atoms with E-state index in [0.29, 0.717) is 11.7 Å². The number of ether oxygens (including phenoxy) is 1. The summed E-state index contributed by atoms with van der Waals surface area (Å²) in [5.74, 6) is 0.853. The quantitative estimate of drug-likeness (QED) is 0.813. The second kappa shape index (κ2) is 5.49. The number of hydrogen-bond acceptors (Lipinski definition) is 5. The molecule has 1 amide bonds. The molecule has 22 heavy (non-hydrogen) atoms. The van der Waals surface area contributed by atoms with Gasteiger partial charge in [-0.3, -0.25) is 0 Å². The average Bonchev–Trinajstić information content (AvgIpc) is 3.17. The normalized spacial score (nSPS) is 20.9.